The molecule has 10 heteroatoms. The molecule has 0 aliphatic heterocycles. The van der Waals surface area contributed by atoms with Crippen molar-refractivity contribution in [3.05, 3.63) is 53.3 Å². The average molecular weight is 902 g/mol. The quantitative estimate of drug-likeness (QED) is 0.199. The molecule has 0 aliphatic rings. The predicted octanol–water partition coefficient (Wildman–Crippen LogP) is 10.2. The van der Waals surface area contributed by atoms with E-state index in [-0.39, 0.29) is 22.1 Å². The van der Waals surface area contributed by atoms with Crippen molar-refractivity contribution in [2.75, 3.05) is 25.2 Å². The third-order valence-electron chi connectivity index (χ3n) is 4.74. The molecule has 4 nitrogen and oxygen atoms in total. The lowest BCUT2D eigenvalue weighted by molar-refractivity contribution is -0.0643. The fourth-order valence-corrected chi connectivity index (χ4v) is 6.89. The van der Waals surface area contributed by atoms with Crippen molar-refractivity contribution in [3.8, 4) is 11.5 Å². The van der Waals surface area contributed by atoms with Crippen molar-refractivity contribution < 1.29 is 18.9 Å². The van der Waals surface area contributed by atoms with Crippen molar-refractivity contribution in [3.63, 3.8) is 0 Å². The van der Waals surface area contributed by atoms with Gasteiger partial charge < -0.3 is 18.9 Å². The maximum atomic E-state index is 6.11. The van der Waals surface area contributed by atoms with Gasteiger partial charge in [-0.2, -0.15) is 0 Å². The van der Waals surface area contributed by atoms with Crippen molar-refractivity contribution >= 4 is 95.6 Å². The highest BCUT2D eigenvalue weighted by Gasteiger charge is 2.20. The third kappa shape index (κ3) is 12.5. The van der Waals surface area contributed by atoms with Gasteiger partial charge in [-0.15, -0.1) is 0 Å². The zero-order valence-corrected chi connectivity index (χ0v) is 31.4. The van der Waals surface area contributed by atoms with E-state index in [1.54, 1.807) is 0 Å². The van der Waals surface area contributed by atoms with Crippen LogP contribution in [-0.2, 0) is 15.9 Å². The van der Waals surface area contributed by atoms with Crippen LogP contribution in [0.1, 0.15) is 52.7 Å². The molecule has 0 saturated heterocycles. The van der Waals surface area contributed by atoms with Crippen molar-refractivity contribution in [2.45, 2.75) is 70.1 Å². The lowest BCUT2D eigenvalue weighted by atomic mass is 10.0. The Morgan fingerprint density at radius 3 is 1.49 bits per heavy atom. The van der Waals surface area contributed by atoms with Crippen LogP contribution >= 0.6 is 95.6 Å². The van der Waals surface area contributed by atoms with Crippen molar-refractivity contribution in [1.82, 2.24) is 0 Å². The molecule has 0 N–H and O–H groups in total. The summed E-state index contributed by atoms with van der Waals surface area (Å²) in [7, 11) is 0. The van der Waals surface area contributed by atoms with Gasteiger partial charge >= 0.3 is 0 Å². The lowest BCUT2D eigenvalue weighted by Gasteiger charge is -2.26. The number of hydrogen-bond acceptors (Lipinski definition) is 4. The molecule has 0 heterocycles. The number of hydrogen-bond donors (Lipinski definition) is 0. The van der Waals surface area contributed by atoms with E-state index in [4.69, 9.17) is 18.9 Å². The molecule has 37 heavy (non-hydrogen) atoms. The van der Waals surface area contributed by atoms with Crippen molar-refractivity contribution in [2.24, 2.45) is 0 Å². The van der Waals surface area contributed by atoms with Crippen LogP contribution in [0.15, 0.2) is 42.2 Å². The lowest BCUT2D eigenvalue weighted by Crippen LogP contribution is -2.32. The van der Waals surface area contributed by atoms with E-state index in [9.17, 15) is 0 Å². The molecule has 208 valence electrons. The topological polar surface area (TPSA) is 36.9 Å². The first-order valence-electron chi connectivity index (χ1n) is 11.8. The molecule has 0 aliphatic carbocycles. The summed E-state index contributed by atoms with van der Waals surface area (Å²) >= 11 is 21.9. The summed E-state index contributed by atoms with van der Waals surface area (Å²) in [6, 6.07) is 8.35. The first-order chi connectivity index (χ1) is 17.1. The van der Waals surface area contributed by atoms with Gasteiger partial charge in [0.1, 0.15) is 30.8 Å². The van der Waals surface area contributed by atoms with Crippen LogP contribution in [-0.4, -0.2) is 47.3 Å². The number of rotatable bonds is 12. The van der Waals surface area contributed by atoms with Gasteiger partial charge in [-0.1, -0.05) is 31.9 Å². The van der Waals surface area contributed by atoms with Crippen LogP contribution < -0.4 is 9.47 Å². The summed E-state index contributed by atoms with van der Waals surface area (Å²) in [5.74, 6) is 1.53. The standard InChI is InChI=1S/C27H34Br6O4/c1-26(2,3)36-14-18(29)13-34-24-20(30)8-16(9-21(24)31)7-17-10-22(32)25(23(33)11-17)35-15-19(12-28)37-27(4,5)6/h8-11,18-19H,7,12-15H2,1-6H3. The highest BCUT2D eigenvalue weighted by molar-refractivity contribution is 9.11. The van der Waals surface area contributed by atoms with E-state index < -0.39 is 0 Å². The second-order valence-corrected chi connectivity index (χ2v) is 16.0. The normalized spacial score (nSPS) is 13.9. The summed E-state index contributed by atoms with van der Waals surface area (Å²) in [5.41, 5.74) is 1.86. The molecule has 2 aromatic rings. The Balaban J connectivity index is 2.06. The monoisotopic (exact) mass is 896 g/mol. The molecular formula is C27H34Br6O4. The van der Waals surface area contributed by atoms with E-state index in [1.807, 2.05) is 41.5 Å². The molecule has 0 spiro atoms. The first kappa shape index (κ1) is 34.0. The Labute approximate surface area is 272 Å². The highest BCUT2D eigenvalue weighted by atomic mass is 79.9. The third-order valence-corrected chi connectivity index (χ3v) is 8.34. The Morgan fingerprint density at radius 1 is 0.676 bits per heavy atom. The largest absolute Gasteiger partial charge is 0.490 e. The average Bonchev–Trinajstić information content (AvgIpc) is 2.74. The van der Waals surface area contributed by atoms with E-state index in [2.05, 4.69) is 120 Å². The Morgan fingerprint density at radius 2 is 1.11 bits per heavy atom. The van der Waals surface area contributed by atoms with E-state index in [0.29, 0.717) is 25.2 Å². The molecule has 2 aromatic carbocycles. The molecule has 2 rings (SSSR count). The SMILES string of the molecule is CC(C)(C)OCC(Br)COc1c(Br)cc(Cc2cc(Br)c(OCC(CBr)OC(C)(C)C)c(Br)c2)cc1Br. The highest BCUT2D eigenvalue weighted by Crippen LogP contribution is 2.38. The number of alkyl halides is 2. The van der Waals surface area contributed by atoms with E-state index in [0.717, 1.165) is 46.9 Å². The number of halogens is 6. The minimum Gasteiger partial charge on any atom is -0.490 e. The fraction of sp³-hybridized carbons (Fsp3) is 0.556. The maximum absolute atomic E-state index is 6.11. The summed E-state index contributed by atoms with van der Waals surface area (Å²) in [4.78, 5) is 0.0884. The predicted molar refractivity (Wildman–Crippen MR) is 174 cm³/mol. The minimum absolute atomic E-state index is 0.0558. The van der Waals surface area contributed by atoms with Gasteiger partial charge in [-0.3, -0.25) is 0 Å². The summed E-state index contributed by atoms with van der Waals surface area (Å²) in [5, 5.41) is 0.696. The van der Waals surface area contributed by atoms with Gasteiger partial charge in [0, 0.05) is 5.33 Å². The van der Waals surface area contributed by atoms with Crippen LogP contribution in [0.3, 0.4) is 0 Å². The molecule has 0 bridgehead atoms. The molecule has 0 saturated carbocycles. The van der Waals surface area contributed by atoms with Gasteiger partial charge in [-0.25, -0.2) is 0 Å². The van der Waals surface area contributed by atoms with E-state index >= 15 is 0 Å². The Bertz CT molecular complexity index is 987. The van der Waals surface area contributed by atoms with Gasteiger partial charge in [0.15, 0.2) is 0 Å². The van der Waals surface area contributed by atoms with Gasteiger partial charge in [-0.05, 0) is 147 Å². The molecule has 2 atom stereocenters. The minimum atomic E-state index is -0.236. The maximum Gasteiger partial charge on any atom is 0.147 e. The van der Waals surface area contributed by atoms with Gasteiger partial charge in [0.25, 0.3) is 0 Å². The van der Waals surface area contributed by atoms with Crippen LogP contribution in [0.25, 0.3) is 0 Å². The van der Waals surface area contributed by atoms with Crippen molar-refractivity contribution in [1.29, 1.82) is 0 Å². The van der Waals surface area contributed by atoms with Gasteiger partial charge in [0.05, 0.1) is 40.5 Å². The number of ether oxygens (including phenoxy) is 4. The smallest absolute Gasteiger partial charge is 0.147 e. The molecule has 0 radical (unpaired) electrons. The molecule has 0 amide bonds. The van der Waals surface area contributed by atoms with Gasteiger partial charge in [0.2, 0.25) is 0 Å². The summed E-state index contributed by atoms with van der Waals surface area (Å²) < 4.78 is 27.6. The second-order valence-electron chi connectivity index (χ2n) is 10.6. The molecule has 0 fully saturated rings. The van der Waals surface area contributed by atoms with Crippen LogP contribution in [0.2, 0.25) is 0 Å². The zero-order chi connectivity index (χ0) is 28.0. The molecular weight excluding hydrogens is 868 g/mol. The Kier molecular flexibility index (Phi) is 14.0. The van der Waals surface area contributed by atoms with Crippen LogP contribution in [0.4, 0.5) is 0 Å². The second kappa shape index (κ2) is 15.2. The van der Waals surface area contributed by atoms with Crippen LogP contribution in [0.5, 0.6) is 11.5 Å². The summed E-state index contributed by atoms with van der Waals surface area (Å²) in [6.45, 7) is 13.8. The zero-order valence-electron chi connectivity index (χ0n) is 21.9. The molecule has 2 unspecified atom stereocenters. The first-order valence-corrected chi connectivity index (χ1v) is 17.0. The fourth-order valence-electron chi connectivity index (χ4n) is 3.29. The molecule has 0 aromatic heterocycles. The summed E-state index contributed by atoms with van der Waals surface area (Å²) in [6.07, 6.45) is 0.687. The Hall–Kier alpha value is 0.840. The van der Waals surface area contributed by atoms with E-state index in [1.165, 1.54) is 0 Å². The van der Waals surface area contributed by atoms with Crippen LogP contribution in [0, 0.1) is 0 Å². The number of benzene rings is 2.